The van der Waals surface area contributed by atoms with Gasteiger partial charge in [-0.3, -0.25) is 9.69 Å². The second-order valence-corrected chi connectivity index (χ2v) is 7.11. The van der Waals surface area contributed by atoms with Crippen LogP contribution in [0.25, 0.3) is 0 Å². The average Bonchev–Trinajstić information content (AvgIpc) is 2.65. The second-order valence-electron chi connectivity index (χ2n) is 7.11. The lowest BCUT2D eigenvalue weighted by Gasteiger charge is -2.29. The number of hydrogen-bond donors (Lipinski definition) is 1. The molecule has 3 amide bonds. The van der Waals surface area contributed by atoms with E-state index in [0.717, 1.165) is 10.5 Å². The highest BCUT2D eigenvalue weighted by molar-refractivity contribution is 6.07. The van der Waals surface area contributed by atoms with Crippen molar-refractivity contribution in [1.29, 1.82) is 0 Å². The van der Waals surface area contributed by atoms with Crippen LogP contribution >= 0.6 is 0 Å². The van der Waals surface area contributed by atoms with Crippen LogP contribution in [0.2, 0.25) is 0 Å². The normalized spacial score (nSPS) is 34.6. The zero-order chi connectivity index (χ0) is 17.8. The fraction of sp³-hybridized carbons (Fsp3) is 0.588. The molecule has 2 aliphatic rings. The molecule has 3 atom stereocenters. The van der Waals surface area contributed by atoms with Crippen LogP contribution in [0.15, 0.2) is 11.6 Å². The average molecular weight is 317 g/mol. The molecule has 0 radical (unpaired) electrons. The number of carbonyl (C=O) groups excluding carboxylic acids is 3. The van der Waals surface area contributed by atoms with Gasteiger partial charge < -0.3 is 15.2 Å². The van der Waals surface area contributed by atoms with Crippen molar-refractivity contribution in [2.45, 2.75) is 52.6 Å². The summed E-state index contributed by atoms with van der Waals surface area (Å²) in [6, 6.07) is -1.44. The molecule has 124 valence electrons. The Morgan fingerprint density at radius 3 is 2.35 bits per heavy atom. The number of urea groups is 1. The van der Waals surface area contributed by atoms with E-state index in [1.165, 1.54) is 6.92 Å². The van der Waals surface area contributed by atoms with E-state index in [2.05, 4.69) is 11.2 Å². The standard InChI is InChI=1S/C17H22N2O4/c1-7-8-11-12(20)19(14(23)18-11)17(9-10(2)3)15(4,5)16(17,6)13(21)22/h1,9,11H,8H2,2-6H3,(H,18,23)(H,21,22)/p-1/t11?,16-,17+/m1/s1. The number of aliphatic carboxylic acids is 1. The highest BCUT2D eigenvalue weighted by Crippen LogP contribution is 2.75. The monoisotopic (exact) mass is 317 g/mol. The van der Waals surface area contributed by atoms with E-state index in [0.29, 0.717) is 0 Å². The number of rotatable bonds is 4. The maximum atomic E-state index is 12.7. The van der Waals surface area contributed by atoms with Crippen molar-refractivity contribution in [1.82, 2.24) is 10.2 Å². The molecule has 0 aromatic rings. The van der Waals surface area contributed by atoms with Gasteiger partial charge >= 0.3 is 6.03 Å². The Hall–Kier alpha value is -2.29. The molecule has 23 heavy (non-hydrogen) atoms. The fourth-order valence-electron chi connectivity index (χ4n) is 3.95. The van der Waals surface area contributed by atoms with Crippen molar-refractivity contribution in [3.05, 3.63) is 11.6 Å². The number of carbonyl (C=O) groups is 3. The number of nitrogens with zero attached hydrogens (tertiary/aromatic N) is 1. The summed E-state index contributed by atoms with van der Waals surface area (Å²) in [5.41, 5.74) is -2.71. The van der Waals surface area contributed by atoms with Gasteiger partial charge in [0, 0.05) is 17.3 Å². The van der Waals surface area contributed by atoms with E-state index >= 15 is 0 Å². The number of hydrogen-bond acceptors (Lipinski definition) is 4. The Bertz CT molecular complexity index is 669. The molecule has 0 aromatic carbocycles. The highest BCUT2D eigenvalue weighted by atomic mass is 16.4. The van der Waals surface area contributed by atoms with Crippen molar-refractivity contribution in [2.24, 2.45) is 10.8 Å². The molecule has 0 aromatic heterocycles. The van der Waals surface area contributed by atoms with Crippen LogP contribution in [0.1, 0.15) is 41.0 Å². The number of imide groups is 1. The minimum atomic E-state index is -1.38. The van der Waals surface area contributed by atoms with Gasteiger partial charge in [-0.1, -0.05) is 32.4 Å². The maximum Gasteiger partial charge on any atom is 0.325 e. The molecule has 1 heterocycles. The molecule has 1 saturated heterocycles. The molecule has 0 spiro atoms. The van der Waals surface area contributed by atoms with E-state index in [-0.39, 0.29) is 6.42 Å². The van der Waals surface area contributed by atoms with Gasteiger partial charge in [0.2, 0.25) is 0 Å². The van der Waals surface area contributed by atoms with Crippen LogP contribution in [-0.4, -0.2) is 34.4 Å². The second kappa shape index (κ2) is 4.85. The molecular weight excluding hydrogens is 296 g/mol. The van der Waals surface area contributed by atoms with Gasteiger partial charge in [-0.2, -0.15) is 0 Å². The molecule has 6 nitrogen and oxygen atoms in total. The first kappa shape index (κ1) is 17.1. The highest BCUT2D eigenvalue weighted by Gasteiger charge is 2.84. The summed E-state index contributed by atoms with van der Waals surface area (Å²) >= 11 is 0. The van der Waals surface area contributed by atoms with Crippen molar-refractivity contribution in [3.63, 3.8) is 0 Å². The van der Waals surface area contributed by atoms with Crippen molar-refractivity contribution >= 4 is 17.9 Å². The molecule has 1 N–H and O–H groups in total. The Balaban J connectivity index is 2.63. The van der Waals surface area contributed by atoms with Crippen molar-refractivity contribution in [2.75, 3.05) is 0 Å². The first-order valence-corrected chi connectivity index (χ1v) is 7.44. The molecule has 2 fully saturated rings. The van der Waals surface area contributed by atoms with E-state index in [1.54, 1.807) is 33.8 Å². The molecule has 2 rings (SSSR count). The van der Waals surface area contributed by atoms with Crippen molar-refractivity contribution in [3.8, 4) is 12.3 Å². The van der Waals surface area contributed by atoms with Crippen LogP contribution < -0.4 is 10.4 Å². The summed E-state index contributed by atoms with van der Waals surface area (Å²) in [5, 5.41) is 14.4. The number of allylic oxidation sites excluding steroid dienone is 1. The maximum absolute atomic E-state index is 12.7. The van der Waals surface area contributed by atoms with Gasteiger partial charge in [0.05, 0.1) is 11.5 Å². The number of nitrogens with one attached hydrogen (secondary N) is 1. The molecule has 1 unspecified atom stereocenters. The first-order valence-electron chi connectivity index (χ1n) is 7.44. The largest absolute Gasteiger partial charge is 0.549 e. The van der Waals surface area contributed by atoms with Crippen LogP contribution in [0.5, 0.6) is 0 Å². The Morgan fingerprint density at radius 2 is 1.96 bits per heavy atom. The molecule has 6 heteroatoms. The van der Waals surface area contributed by atoms with Crippen LogP contribution in [-0.2, 0) is 9.59 Å². The zero-order valence-electron chi connectivity index (χ0n) is 14.0. The summed E-state index contributed by atoms with van der Waals surface area (Å²) in [4.78, 5) is 38.0. The topological polar surface area (TPSA) is 89.5 Å². The van der Waals surface area contributed by atoms with Crippen LogP contribution in [0.4, 0.5) is 4.79 Å². The van der Waals surface area contributed by atoms with E-state index in [4.69, 9.17) is 6.42 Å². The Morgan fingerprint density at radius 1 is 1.39 bits per heavy atom. The summed E-state index contributed by atoms with van der Waals surface area (Å²) in [6.45, 7) is 8.54. The number of terminal acetylenes is 1. The van der Waals surface area contributed by atoms with Gasteiger partial charge in [-0.05, 0) is 13.8 Å². The van der Waals surface area contributed by atoms with Gasteiger partial charge in [0.1, 0.15) is 6.04 Å². The minimum absolute atomic E-state index is 0.0639. The smallest absolute Gasteiger partial charge is 0.325 e. The first-order chi connectivity index (χ1) is 10.5. The minimum Gasteiger partial charge on any atom is -0.549 e. The van der Waals surface area contributed by atoms with Gasteiger partial charge in [-0.15, -0.1) is 12.3 Å². The zero-order valence-corrected chi connectivity index (χ0v) is 14.0. The van der Waals surface area contributed by atoms with E-state index in [9.17, 15) is 19.5 Å². The predicted octanol–water partition coefficient (Wildman–Crippen LogP) is 0.431. The Labute approximate surface area is 135 Å². The van der Waals surface area contributed by atoms with E-state index in [1.807, 2.05) is 0 Å². The molecule has 0 bridgehead atoms. The molecule has 1 saturated carbocycles. The summed E-state index contributed by atoms with van der Waals surface area (Å²) in [7, 11) is 0. The Kier molecular flexibility index (Phi) is 3.60. The van der Waals surface area contributed by atoms with Crippen LogP contribution in [0, 0.1) is 23.2 Å². The van der Waals surface area contributed by atoms with Gasteiger partial charge in [0.15, 0.2) is 0 Å². The number of carboxylic acid groups (broad SMARTS) is 1. The van der Waals surface area contributed by atoms with Crippen LogP contribution in [0.3, 0.4) is 0 Å². The van der Waals surface area contributed by atoms with E-state index < -0.39 is 40.3 Å². The van der Waals surface area contributed by atoms with Gasteiger partial charge in [-0.25, -0.2) is 4.79 Å². The molecule has 1 aliphatic heterocycles. The predicted molar refractivity (Wildman–Crippen MR) is 81.7 cm³/mol. The lowest BCUT2D eigenvalue weighted by Crippen LogP contribution is -2.49. The third kappa shape index (κ3) is 1.79. The summed E-state index contributed by atoms with van der Waals surface area (Å²) in [5.74, 6) is 0.564. The lowest BCUT2D eigenvalue weighted by molar-refractivity contribution is -0.315. The van der Waals surface area contributed by atoms with Gasteiger partial charge in [0.25, 0.3) is 5.91 Å². The third-order valence-electron chi connectivity index (χ3n) is 5.50. The lowest BCUT2D eigenvalue weighted by atomic mass is 9.98. The van der Waals surface area contributed by atoms with Crippen molar-refractivity contribution < 1.29 is 19.5 Å². The summed E-state index contributed by atoms with van der Waals surface area (Å²) < 4.78 is 0. The SMILES string of the molecule is C#CCC1NC(=O)N([C@@]2(C=C(C)C)C(C)(C)[C@@]2(C)C(=O)[O-])C1=O. The molecule has 1 aliphatic carbocycles. The number of amides is 3. The quantitative estimate of drug-likeness (QED) is 0.462. The molecular formula is C17H21N2O4-. The number of carboxylic acids is 1. The summed E-state index contributed by atoms with van der Waals surface area (Å²) in [6.07, 6.45) is 6.98. The fourth-order valence-corrected chi connectivity index (χ4v) is 3.95. The third-order valence-corrected chi connectivity index (χ3v) is 5.50.